The van der Waals surface area contributed by atoms with E-state index in [2.05, 4.69) is 18.8 Å². The molecule has 0 aliphatic rings. The van der Waals surface area contributed by atoms with Crippen LogP contribution in [0.25, 0.3) is 0 Å². The SMILES string of the molecule is C=C(NCCCC(OCC)OCC)OCCOCCOCCCCCC. The van der Waals surface area contributed by atoms with Crippen molar-refractivity contribution in [2.24, 2.45) is 0 Å². The normalized spacial score (nSPS) is 11.1. The molecular formula is C20H41NO5. The predicted molar refractivity (Wildman–Crippen MR) is 105 cm³/mol. The van der Waals surface area contributed by atoms with Crippen molar-refractivity contribution in [3.63, 3.8) is 0 Å². The average Bonchev–Trinajstić information content (AvgIpc) is 2.63. The summed E-state index contributed by atoms with van der Waals surface area (Å²) in [5.41, 5.74) is 0. The largest absolute Gasteiger partial charge is 0.477 e. The first-order chi connectivity index (χ1) is 12.7. The first kappa shape index (κ1) is 25.2. The van der Waals surface area contributed by atoms with Gasteiger partial charge in [-0.1, -0.05) is 26.2 Å². The van der Waals surface area contributed by atoms with E-state index in [0.29, 0.717) is 45.5 Å². The highest BCUT2D eigenvalue weighted by atomic mass is 16.7. The summed E-state index contributed by atoms with van der Waals surface area (Å²) in [7, 11) is 0. The van der Waals surface area contributed by atoms with Gasteiger partial charge in [-0.2, -0.15) is 0 Å². The van der Waals surface area contributed by atoms with Crippen LogP contribution in [0.1, 0.15) is 59.3 Å². The third-order valence-electron chi connectivity index (χ3n) is 3.66. The van der Waals surface area contributed by atoms with Crippen LogP contribution < -0.4 is 5.32 Å². The minimum Gasteiger partial charge on any atom is -0.477 e. The minimum absolute atomic E-state index is 0.122. The number of hydrogen-bond acceptors (Lipinski definition) is 6. The van der Waals surface area contributed by atoms with E-state index in [4.69, 9.17) is 23.7 Å². The maximum absolute atomic E-state index is 5.51. The van der Waals surface area contributed by atoms with Gasteiger partial charge in [-0.05, 0) is 33.3 Å². The molecule has 0 fully saturated rings. The van der Waals surface area contributed by atoms with Gasteiger partial charge in [0.1, 0.15) is 6.61 Å². The van der Waals surface area contributed by atoms with E-state index in [1.165, 1.54) is 19.3 Å². The molecule has 6 nitrogen and oxygen atoms in total. The molecule has 0 atom stereocenters. The van der Waals surface area contributed by atoms with Crippen LogP contribution >= 0.6 is 0 Å². The molecule has 0 heterocycles. The van der Waals surface area contributed by atoms with E-state index in [1.54, 1.807) is 0 Å². The van der Waals surface area contributed by atoms with Crippen molar-refractivity contribution in [3.05, 3.63) is 12.5 Å². The van der Waals surface area contributed by atoms with Gasteiger partial charge in [0.2, 0.25) is 0 Å². The van der Waals surface area contributed by atoms with E-state index in [1.807, 2.05) is 13.8 Å². The Kier molecular flexibility index (Phi) is 19.8. The van der Waals surface area contributed by atoms with E-state index >= 15 is 0 Å². The topological polar surface area (TPSA) is 58.2 Å². The fourth-order valence-corrected chi connectivity index (χ4v) is 2.31. The number of hydrogen-bond donors (Lipinski definition) is 1. The molecule has 0 saturated carbocycles. The quantitative estimate of drug-likeness (QED) is 0.187. The van der Waals surface area contributed by atoms with E-state index in [9.17, 15) is 0 Å². The van der Waals surface area contributed by atoms with E-state index in [0.717, 1.165) is 32.4 Å². The molecule has 0 radical (unpaired) electrons. The summed E-state index contributed by atoms with van der Waals surface area (Å²) in [5.74, 6) is 0.574. The van der Waals surface area contributed by atoms with Crippen molar-refractivity contribution in [2.75, 3.05) is 52.8 Å². The van der Waals surface area contributed by atoms with Crippen molar-refractivity contribution in [2.45, 2.75) is 65.6 Å². The van der Waals surface area contributed by atoms with Crippen LogP contribution in [0.5, 0.6) is 0 Å². The predicted octanol–water partition coefficient (Wildman–Crippen LogP) is 3.86. The Morgan fingerprint density at radius 2 is 1.46 bits per heavy atom. The lowest BCUT2D eigenvalue weighted by Crippen LogP contribution is -2.22. The molecule has 6 heteroatoms. The average molecular weight is 376 g/mol. The lowest BCUT2D eigenvalue weighted by Gasteiger charge is -2.17. The molecule has 0 spiro atoms. The van der Waals surface area contributed by atoms with Crippen molar-refractivity contribution in [3.8, 4) is 0 Å². The summed E-state index contributed by atoms with van der Waals surface area (Å²) in [6, 6.07) is 0. The molecule has 0 aliphatic carbocycles. The Bertz CT molecular complexity index is 296. The van der Waals surface area contributed by atoms with Crippen LogP contribution in [0, 0.1) is 0 Å². The number of rotatable bonds is 21. The standard InChI is InChI=1S/C20H41NO5/c1-5-8-9-10-14-22-15-16-23-17-18-26-19(4)21-13-11-12-20(24-6-2)25-7-3/h20-21H,4-18H2,1-3H3. The summed E-state index contributed by atoms with van der Waals surface area (Å²) in [5, 5.41) is 3.15. The molecule has 0 aliphatic heterocycles. The van der Waals surface area contributed by atoms with Gasteiger partial charge in [-0.15, -0.1) is 0 Å². The van der Waals surface area contributed by atoms with Crippen molar-refractivity contribution in [1.29, 1.82) is 0 Å². The van der Waals surface area contributed by atoms with Gasteiger partial charge in [0.15, 0.2) is 12.2 Å². The van der Waals surface area contributed by atoms with Crippen LogP contribution in [0.4, 0.5) is 0 Å². The molecular weight excluding hydrogens is 334 g/mol. The second kappa shape index (κ2) is 20.5. The third kappa shape index (κ3) is 18.0. The molecule has 156 valence electrons. The number of unbranched alkanes of at least 4 members (excludes halogenated alkanes) is 3. The van der Waals surface area contributed by atoms with Gasteiger partial charge in [0.25, 0.3) is 0 Å². The van der Waals surface area contributed by atoms with Gasteiger partial charge in [0, 0.05) is 32.8 Å². The number of ether oxygens (including phenoxy) is 5. The molecule has 0 unspecified atom stereocenters. The van der Waals surface area contributed by atoms with Gasteiger partial charge in [-0.3, -0.25) is 0 Å². The molecule has 1 N–H and O–H groups in total. The maximum atomic E-state index is 5.51. The molecule has 0 bridgehead atoms. The van der Waals surface area contributed by atoms with Crippen LogP contribution in [0.3, 0.4) is 0 Å². The fourth-order valence-electron chi connectivity index (χ4n) is 2.31. The summed E-state index contributed by atoms with van der Waals surface area (Å²) >= 11 is 0. The van der Waals surface area contributed by atoms with E-state index in [-0.39, 0.29) is 6.29 Å². The van der Waals surface area contributed by atoms with Gasteiger partial charge in [-0.25, -0.2) is 0 Å². The summed E-state index contributed by atoms with van der Waals surface area (Å²) in [4.78, 5) is 0. The van der Waals surface area contributed by atoms with Crippen molar-refractivity contribution < 1.29 is 23.7 Å². The zero-order valence-corrected chi connectivity index (χ0v) is 17.2. The summed E-state index contributed by atoms with van der Waals surface area (Å²) in [6.07, 6.45) is 6.58. The highest BCUT2D eigenvalue weighted by Gasteiger charge is 2.07. The monoisotopic (exact) mass is 375 g/mol. The first-order valence-electron chi connectivity index (χ1n) is 10.2. The number of nitrogens with one attached hydrogen (secondary N) is 1. The second-order valence-corrected chi connectivity index (χ2v) is 5.97. The van der Waals surface area contributed by atoms with Crippen LogP contribution in [-0.4, -0.2) is 59.1 Å². The Balaban J connectivity index is 3.33. The lowest BCUT2D eigenvalue weighted by molar-refractivity contribution is -0.139. The Morgan fingerprint density at radius 1 is 0.808 bits per heavy atom. The molecule has 0 aromatic heterocycles. The van der Waals surface area contributed by atoms with Crippen LogP contribution in [0.2, 0.25) is 0 Å². The fraction of sp³-hybridized carbons (Fsp3) is 0.900. The molecule has 0 rings (SSSR count). The Hall–Kier alpha value is -0.820. The maximum Gasteiger partial charge on any atom is 0.179 e. The van der Waals surface area contributed by atoms with Gasteiger partial charge in [0.05, 0.1) is 19.8 Å². The highest BCUT2D eigenvalue weighted by Crippen LogP contribution is 2.04. The highest BCUT2D eigenvalue weighted by molar-refractivity contribution is 4.78. The summed E-state index contributed by atoms with van der Waals surface area (Å²) in [6.45, 7) is 15.2. The molecule has 0 saturated heterocycles. The summed E-state index contributed by atoms with van der Waals surface area (Å²) < 4.78 is 27.5. The molecule has 0 aromatic carbocycles. The third-order valence-corrected chi connectivity index (χ3v) is 3.66. The second-order valence-electron chi connectivity index (χ2n) is 5.97. The van der Waals surface area contributed by atoms with Crippen LogP contribution in [-0.2, 0) is 23.7 Å². The Labute approximate surface area is 160 Å². The van der Waals surface area contributed by atoms with Crippen molar-refractivity contribution >= 4 is 0 Å². The molecule has 0 aromatic rings. The van der Waals surface area contributed by atoms with Gasteiger partial charge >= 0.3 is 0 Å². The smallest absolute Gasteiger partial charge is 0.179 e. The zero-order chi connectivity index (χ0) is 19.3. The minimum atomic E-state index is -0.122. The molecule has 0 amide bonds. The van der Waals surface area contributed by atoms with E-state index < -0.39 is 0 Å². The van der Waals surface area contributed by atoms with Gasteiger partial charge < -0.3 is 29.0 Å². The first-order valence-corrected chi connectivity index (χ1v) is 10.2. The van der Waals surface area contributed by atoms with Crippen LogP contribution in [0.15, 0.2) is 12.5 Å². The van der Waals surface area contributed by atoms with Crippen molar-refractivity contribution in [1.82, 2.24) is 5.32 Å². The zero-order valence-electron chi connectivity index (χ0n) is 17.2. The lowest BCUT2D eigenvalue weighted by atomic mass is 10.2. The Morgan fingerprint density at radius 3 is 2.12 bits per heavy atom. The molecule has 26 heavy (non-hydrogen) atoms.